The Labute approximate surface area is 138 Å². The van der Waals surface area contributed by atoms with Crippen LogP contribution in [0.3, 0.4) is 0 Å². The first kappa shape index (κ1) is 16.6. The first-order valence-corrected chi connectivity index (χ1v) is 10.0. The summed E-state index contributed by atoms with van der Waals surface area (Å²) in [6, 6.07) is 1.75. The summed E-state index contributed by atoms with van der Waals surface area (Å²) >= 11 is 0. The largest absolute Gasteiger partial charge is 0.474 e. The molecule has 0 atom stereocenters. The van der Waals surface area contributed by atoms with Crippen LogP contribution in [-0.2, 0) is 10.0 Å². The summed E-state index contributed by atoms with van der Waals surface area (Å²) in [6.45, 7) is 2.92. The summed E-state index contributed by atoms with van der Waals surface area (Å²) in [7, 11) is -3.14. The van der Waals surface area contributed by atoms with Gasteiger partial charge in [-0.1, -0.05) is 19.3 Å². The van der Waals surface area contributed by atoms with Gasteiger partial charge in [0.2, 0.25) is 15.9 Å². The molecule has 2 fully saturated rings. The molecule has 1 aromatic heterocycles. The Kier molecular flexibility index (Phi) is 5.16. The quantitative estimate of drug-likeness (QED) is 0.841. The average Bonchev–Trinajstić information content (AvgIpc) is 2.56. The normalized spacial score (nSPS) is 22.1. The predicted octanol–water partition coefficient (Wildman–Crippen LogP) is 2.29. The van der Waals surface area contributed by atoms with E-state index in [1.165, 1.54) is 6.42 Å². The van der Waals surface area contributed by atoms with Crippen molar-refractivity contribution in [3.05, 3.63) is 18.1 Å². The van der Waals surface area contributed by atoms with Crippen molar-refractivity contribution in [1.82, 2.24) is 14.3 Å². The van der Waals surface area contributed by atoms with Crippen LogP contribution in [0.4, 0.5) is 0 Å². The van der Waals surface area contributed by atoms with Crippen LogP contribution >= 0.6 is 0 Å². The van der Waals surface area contributed by atoms with Crippen molar-refractivity contribution in [3.63, 3.8) is 0 Å². The summed E-state index contributed by atoms with van der Waals surface area (Å²) in [6.07, 6.45) is 8.03. The van der Waals surface area contributed by atoms with Gasteiger partial charge in [0.1, 0.15) is 11.9 Å². The molecule has 0 aromatic carbocycles. The van der Waals surface area contributed by atoms with E-state index in [9.17, 15) is 8.42 Å². The van der Waals surface area contributed by atoms with E-state index in [4.69, 9.17) is 4.74 Å². The van der Waals surface area contributed by atoms with Crippen molar-refractivity contribution in [2.24, 2.45) is 0 Å². The average molecular weight is 339 g/mol. The van der Waals surface area contributed by atoms with E-state index in [1.54, 1.807) is 16.6 Å². The van der Waals surface area contributed by atoms with Crippen molar-refractivity contribution in [1.29, 1.82) is 0 Å². The molecule has 1 aromatic rings. The molecular weight excluding hydrogens is 314 g/mol. The van der Waals surface area contributed by atoms with Gasteiger partial charge in [-0.2, -0.15) is 4.98 Å². The zero-order valence-corrected chi connectivity index (χ0v) is 14.5. The molecule has 0 N–H and O–H groups in total. The van der Waals surface area contributed by atoms with E-state index in [1.807, 2.05) is 6.92 Å². The highest BCUT2D eigenvalue weighted by Gasteiger charge is 2.35. The molecule has 0 spiro atoms. The molecule has 6 nitrogen and oxygen atoms in total. The van der Waals surface area contributed by atoms with Gasteiger partial charge >= 0.3 is 0 Å². The van der Waals surface area contributed by atoms with Gasteiger partial charge in [-0.05, 0) is 32.6 Å². The molecule has 2 heterocycles. The molecule has 1 saturated heterocycles. The number of ether oxygens (including phenoxy) is 1. The summed E-state index contributed by atoms with van der Waals surface area (Å²) in [5.41, 5.74) is 0. The maximum Gasteiger partial charge on any atom is 0.216 e. The van der Waals surface area contributed by atoms with Crippen LogP contribution in [0.15, 0.2) is 12.3 Å². The lowest BCUT2D eigenvalue weighted by Gasteiger charge is -2.34. The monoisotopic (exact) mass is 339 g/mol. The minimum absolute atomic E-state index is 0.0297. The van der Waals surface area contributed by atoms with Gasteiger partial charge in [0.05, 0.1) is 5.25 Å². The van der Waals surface area contributed by atoms with Crippen LogP contribution in [0.5, 0.6) is 5.88 Å². The van der Waals surface area contributed by atoms with E-state index < -0.39 is 10.0 Å². The van der Waals surface area contributed by atoms with Crippen LogP contribution < -0.4 is 4.74 Å². The Hall–Kier alpha value is -1.21. The highest BCUT2D eigenvalue weighted by atomic mass is 32.2. The Bertz CT molecular complexity index is 621. The molecule has 0 radical (unpaired) electrons. The summed E-state index contributed by atoms with van der Waals surface area (Å²) in [4.78, 5) is 8.29. The van der Waals surface area contributed by atoms with Crippen molar-refractivity contribution in [2.45, 2.75) is 63.2 Å². The van der Waals surface area contributed by atoms with Crippen LogP contribution in [0.1, 0.15) is 50.8 Å². The van der Waals surface area contributed by atoms with Crippen molar-refractivity contribution in [3.8, 4) is 5.88 Å². The smallest absolute Gasteiger partial charge is 0.216 e. The van der Waals surface area contributed by atoms with E-state index in [0.29, 0.717) is 24.8 Å². The zero-order chi connectivity index (χ0) is 16.3. The Morgan fingerprint density at radius 2 is 1.83 bits per heavy atom. The molecule has 1 saturated carbocycles. The molecular formula is C16H25N3O3S. The number of aryl methyl sites for hydroxylation is 1. The maximum absolute atomic E-state index is 12.7. The molecule has 3 rings (SSSR count). The SMILES string of the molecule is Cc1nccc(OC2CCN(S(=O)(=O)C3CCCCC3)CC2)n1. The van der Waals surface area contributed by atoms with Crippen molar-refractivity contribution >= 4 is 10.0 Å². The van der Waals surface area contributed by atoms with Gasteiger partial charge in [-0.15, -0.1) is 0 Å². The van der Waals surface area contributed by atoms with Crippen LogP contribution in [0.25, 0.3) is 0 Å². The summed E-state index contributed by atoms with van der Waals surface area (Å²) < 4.78 is 33.0. The Morgan fingerprint density at radius 1 is 1.13 bits per heavy atom. The minimum atomic E-state index is -3.14. The highest BCUT2D eigenvalue weighted by Crippen LogP contribution is 2.28. The lowest BCUT2D eigenvalue weighted by atomic mass is 10.0. The molecule has 0 unspecified atom stereocenters. The molecule has 2 aliphatic rings. The Morgan fingerprint density at radius 3 is 2.48 bits per heavy atom. The number of aromatic nitrogens is 2. The van der Waals surface area contributed by atoms with Crippen molar-refractivity contribution in [2.75, 3.05) is 13.1 Å². The van der Waals surface area contributed by atoms with Crippen LogP contribution in [0, 0.1) is 6.92 Å². The first-order valence-electron chi connectivity index (χ1n) is 8.51. The van der Waals surface area contributed by atoms with E-state index in [-0.39, 0.29) is 11.4 Å². The molecule has 23 heavy (non-hydrogen) atoms. The third kappa shape index (κ3) is 4.01. The third-order valence-electron chi connectivity index (χ3n) is 4.77. The fraction of sp³-hybridized carbons (Fsp3) is 0.750. The lowest BCUT2D eigenvalue weighted by Crippen LogP contribution is -2.46. The molecule has 7 heteroatoms. The van der Waals surface area contributed by atoms with E-state index in [2.05, 4.69) is 9.97 Å². The van der Waals surface area contributed by atoms with Gasteiger partial charge in [-0.3, -0.25) is 0 Å². The molecule has 1 aliphatic carbocycles. The maximum atomic E-state index is 12.7. The van der Waals surface area contributed by atoms with E-state index >= 15 is 0 Å². The van der Waals surface area contributed by atoms with Gasteiger partial charge in [0, 0.05) is 25.4 Å². The number of piperidine rings is 1. The second-order valence-electron chi connectivity index (χ2n) is 6.46. The van der Waals surface area contributed by atoms with Gasteiger partial charge in [-0.25, -0.2) is 17.7 Å². The summed E-state index contributed by atoms with van der Waals surface area (Å²) in [5, 5.41) is -0.168. The van der Waals surface area contributed by atoms with E-state index in [0.717, 1.165) is 38.5 Å². The number of hydrogen-bond donors (Lipinski definition) is 0. The molecule has 0 amide bonds. The predicted molar refractivity (Wildman–Crippen MR) is 87.8 cm³/mol. The number of sulfonamides is 1. The Balaban J connectivity index is 1.55. The van der Waals surface area contributed by atoms with Crippen LogP contribution in [-0.4, -0.2) is 47.1 Å². The fourth-order valence-electron chi connectivity index (χ4n) is 3.45. The van der Waals surface area contributed by atoms with Gasteiger partial charge < -0.3 is 4.74 Å². The molecule has 0 bridgehead atoms. The second-order valence-corrected chi connectivity index (χ2v) is 8.68. The fourth-order valence-corrected chi connectivity index (χ4v) is 5.52. The zero-order valence-electron chi connectivity index (χ0n) is 13.6. The minimum Gasteiger partial charge on any atom is -0.474 e. The standard InChI is InChI=1S/C16H25N3O3S/c1-13-17-10-7-16(18-13)22-14-8-11-19(12-9-14)23(20,21)15-5-3-2-4-6-15/h7,10,14-15H,2-6,8-9,11-12H2,1H3. The van der Waals surface area contributed by atoms with Gasteiger partial charge in [0.25, 0.3) is 0 Å². The molecule has 128 valence electrons. The number of nitrogens with zero attached hydrogens (tertiary/aromatic N) is 3. The van der Waals surface area contributed by atoms with Crippen molar-refractivity contribution < 1.29 is 13.2 Å². The molecule has 1 aliphatic heterocycles. The second kappa shape index (κ2) is 7.13. The number of rotatable bonds is 4. The lowest BCUT2D eigenvalue weighted by molar-refractivity contribution is 0.129. The first-order chi connectivity index (χ1) is 11.1. The topological polar surface area (TPSA) is 72.4 Å². The highest BCUT2D eigenvalue weighted by molar-refractivity contribution is 7.89. The van der Waals surface area contributed by atoms with Crippen LogP contribution in [0.2, 0.25) is 0 Å². The summed E-state index contributed by atoms with van der Waals surface area (Å²) in [5.74, 6) is 1.26. The third-order valence-corrected chi connectivity index (χ3v) is 7.17. The van der Waals surface area contributed by atoms with Gasteiger partial charge in [0.15, 0.2) is 0 Å². The number of hydrogen-bond acceptors (Lipinski definition) is 5.